The third-order valence-electron chi connectivity index (χ3n) is 2.71. The third-order valence-corrected chi connectivity index (χ3v) is 2.71. The van der Waals surface area contributed by atoms with Gasteiger partial charge in [0.15, 0.2) is 5.65 Å². The lowest BCUT2D eigenvalue weighted by molar-refractivity contribution is 0.466. The van der Waals surface area contributed by atoms with Gasteiger partial charge in [0.2, 0.25) is 11.8 Å². The maximum absolute atomic E-state index is 5.78. The highest BCUT2D eigenvalue weighted by molar-refractivity contribution is 5.80. The van der Waals surface area contributed by atoms with E-state index in [1.165, 1.54) is 0 Å². The van der Waals surface area contributed by atoms with Crippen LogP contribution in [0.1, 0.15) is 12.6 Å². The third kappa shape index (κ3) is 2.37. The van der Waals surface area contributed by atoms with Gasteiger partial charge in [-0.25, -0.2) is 0 Å². The molecule has 0 atom stereocenters. The molecule has 3 heterocycles. The van der Waals surface area contributed by atoms with Crippen molar-refractivity contribution < 1.29 is 4.74 Å². The smallest absolute Gasteiger partial charge is 0.235 e. The van der Waals surface area contributed by atoms with E-state index >= 15 is 0 Å². The van der Waals surface area contributed by atoms with Gasteiger partial charge in [0.05, 0.1) is 12.4 Å². The lowest BCUT2D eigenvalue weighted by Gasteiger charge is -2.07. The Balaban J connectivity index is 2.00. The molecule has 0 amide bonds. The van der Waals surface area contributed by atoms with E-state index in [1.807, 2.05) is 26.0 Å². The van der Waals surface area contributed by atoms with E-state index < -0.39 is 0 Å². The van der Waals surface area contributed by atoms with Crippen molar-refractivity contribution in [3.8, 4) is 11.6 Å². The van der Waals surface area contributed by atoms with Gasteiger partial charge in [-0.3, -0.25) is 10.1 Å². The Hall–Kier alpha value is -2.70. The first-order valence-electron chi connectivity index (χ1n) is 6.31. The molecule has 0 bridgehead atoms. The van der Waals surface area contributed by atoms with Crippen molar-refractivity contribution in [1.29, 1.82) is 0 Å². The lowest BCUT2D eigenvalue weighted by atomic mass is 10.3. The van der Waals surface area contributed by atoms with Crippen LogP contribution in [0.15, 0.2) is 24.5 Å². The predicted molar refractivity (Wildman–Crippen MR) is 74.9 cm³/mol. The first-order chi connectivity index (χ1) is 9.76. The maximum atomic E-state index is 5.78. The van der Waals surface area contributed by atoms with Gasteiger partial charge in [0, 0.05) is 12.2 Å². The first-order valence-corrected chi connectivity index (χ1v) is 6.31. The molecule has 3 rings (SSSR count). The number of aryl methyl sites for hydroxylation is 1. The molecule has 3 aromatic rings. The topological polar surface area (TPSA) is 88.6 Å². The van der Waals surface area contributed by atoms with Crippen LogP contribution in [0.25, 0.3) is 11.0 Å². The highest BCUT2D eigenvalue weighted by Crippen LogP contribution is 2.26. The minimum atomic E-state index is 0.449. The highest BCUT2D eigenvalue weighted by atomic mass is 16.5. The van der Waals surface area contributed by atoms with Gasteiger partial charge in [-0.05, 0) is 26.0 Å². The van der Waals surface area contributed by atoms with Gasteiger partial charge in [-0.2, -0.15) is 15.1 Å². The molecule has 0 saturated heterocycles. The number of rotatable bonds is 4. The number of ether oxygens (including phenoxy) is 1. The summed E-state index contributed by atoms with van der Waals surface area (Å²) in [4.78, 5) is 12.8. The van der Waals surface area contributed by atoms with E-state index in [0.717, 1.165) is 17.6 Å². The Bertz CT molecular complexity index is 721. The predicted octanol–water partition coefficient (Wildman–Crippen LogP) is 2.28. The van der Waals surface area contributed by atoms with Crippen molar-refractivity contribution in [2.75, 3.05) is 11.9 Å². The zero-order valence-corrected chi connectivity index (χ0v) is 11.2. The number of pyridine rings is 1. The quantitative estimate of drug-likeness (QED) is 0.756. The summed E-state index contributed by atoms with van der Waals surface area (Å²) in [5, 5.41) is 10.6. The average Bonchev–Trinajstić information content (AvgIpc) is 2.90. The van der Waals surface area contributed by atoms with Crippen molar-refractivity contribution in [3.05, 3.63) is 30.2 Å². The molecule has 0 radical (unpaired) electrons. The number of aromatic amines is 1. The molecule has 2 N–H and O–H groups in total. The minimum absolute atomic E-state index is 0.449. The maximum Gasteiger partial charge on any atom is 0.235 e. The van der Waals surface area contributed by atoms with Crippen LogP contribution in [0.4, 0.5) is 5.95 Å². The summed E-state index contributed by atoms with van der Waals surface area (Å²) in [7, 11) is 0. The first kappa shape index (κ1) is 12.3. The molecule has 0 aromatic carbocycles. The van der Waals surface area contributed by atoms with Crippen molar-refractivity contribution in [3.63, 3.8) is 0 Å². The fourth-order valence-electron chi connectivity index (χ4n) is 1.75. The minimum Gasteiger partial charge on any atom is -0.436 e. The summed E-state index contributed by atoms with van der Waals surface area (Å²) >= 11 is 0. The zero-order chi connectivity index (χ0) is 13.9. The normalized spacial score (nSPS) is 10.7. The average molecular weight is 270 g/mol. The van der Waals surface area contributed by atoms with Crippen LogP contribution >= 0.6 is 0 Å². The fraction of sp³-hybridized carbons (Fsp3) is 0.231. The van der Waals surface area contributed by atoms with E-state index in [9.17, 15) is 0 Å². The summed E-state index contributed by atoms with van der Waals surface area (Å²) < 4.78 is 5.78. The Morgan fingerprint density at radius 2 is 2.15 bits per heavy atom. The van der Waals surface area contributed by atoms with Crippen molar-refractivity contribution in [2.24, 2.45) is 0 Å². The van der Waals surface area contributed by atoms with Crippen LogP contribution in [-0.4, -0.2) is 31.7 Å². The summed E-state index contributed by atoms with van der Waals surface area (Å²) in [5.74, 6) is 1.57. The van der Waals surface area contributed by atoms with Crippen LogP contribution in [0.3, 0.4) is 0 Å². The second kappa shape index (κ2) is 5.12. The number of aromatic nitrogens is 5. The number of nitrogens with one attached hydrogen (secondary N) is 2. The van der Waals surface area contributed by atoms with Crippen LogP contribution in [-0.2, 0) is 0 Å². The Labute approximate surface area is 115 Å². The summed E-state index contributed by atoms with van der Waals surface area (Å²) in [6, 6.07) is 3.73. The number of hydrogen-bond acceptors (Lipinski definition) is 6. The second-order valence-electron chi connectivity index (χ2n) is 4.25. The number of hydrogen-bond donors (Lipinski definition) is 2. The van der Waals surface area contributed by atoms with Crippen LogP contribution in [0.2, 0.25) is 0 Å². The highest BCUT2D eigenvalue weighted by Gasteiger charge is 2.11. The fourth-order valence-corrected chi connectivity index (χ4v) is 1.75. The molecule has 3 aromatic heterocycles. The van der Waals surface area contributed by atoms with Crippen LogP contribution in [0, 0.1) is 6.92 Å². The molecular formula is C13H14N6O. The van der Waals surface area contributed by atoms with Crippen molar-refractivity contribution in [2.45, 2.75) is 13.8 Å². The molecular weight excluding hydrogens is 256 g/mol. The Morgan fingerprint density at radius 3 is 2.90 bits per heavy atom. The second-order valence-corrected chi connectivity index (χ2v) is 4.25. The standard InChI is InChI=1S/C13H14N6O/c1-3-14-13-17-11-10(7-16-19-11)12(18-13)20-9-5-4-8(2)15-6-9/h4-7H,3H2,1-2H3,(H2,14,16,17,18,19). The van der Waals surface area contributed by atoms with E-state index in [1.54, 1.807) is 12.4 Å². The molecule has 0 aliphatic heterocycles. The summed E-state index contributed by atoms with van der Waals surface area (Å²) in [6.07, 6.45) is 3.30. The number of fused-ring (bicyclic) bond motifs is 1. The summed E-state index contributed by atoms with van der Waals surface area (Å²) in [6.45, 7) is 4.63. The van der Waals surface area contributed by atoms with Gasteiger partial charge >= 0.3 is 0 Å². The zero-order valence-electron chi connectivity index (χ0n) is 11.2. The largest absolute Gasteiger partial charge is 0.436 e. The van der Waals surface area contributed by atoms with Gasteiger partial charge in [0.1, 0.15) is 11.1 Å². The molecule has 0 saturated carbocycles. The Morgan fingerprint density at radius 1 is 1.25 bits per heavy atom. The van der Waals surface area contributed by atoms with Gasteiger partial charge in [0.25, 0.3) is 0 Å². The van der Waals surface area contributed by atoms with E-state index in [2.05, 4.69) is 30.5 Å². The number of nitrogens with zero attached hydrogens (tertiary/aromatic N) is 4. The van der Waals surface area contributed by atoms with Gasteiger partial charge < -0.3 is 10.1 Å². The van der Waals surface area contributed by atoms with Gasteiger partial charge in [-0.15, -0.1) is 0 Å². The van der Waals surface area contributed by atoms with E-state index in [4.69, 9.17) is 4.74 Å². The SMILES string of the molecule is CCNc1nc(Oc2ccc(C)nc2)c2cn[nH]c2n1. The molecule has 0 unspecified atom stereocenters. The van der Waals surface area contributed by atoms with Crippen LogP contribution < -0.4 is 10.1 Å². The van der Waals surface area contributed by atoms with Gasteiger partial charge in [-0.1, -0.05) is 0 Å². The van der Waals surface area contributed by atoms with Crippen LogP contribution in [0.5, 0.6) is 11.6 Å². The number of anilines is 1. The van der Waals surface area contributed by atoms with E-state index in [-0.39, 0.29) is 0 Å². The Kier molecular flexibility index (Phi) is 3.16. The lowest BCUT2D eigenvalue weighted by Crippen LogP contribution is -2.03. The molecule has 0 spiro atoms. The monoisotopic (exact) mass is 270 g/mol. The van der Waals surface area contributed by atoms with E-state index in [0.29, 0.717) is 23.2 Å². The molecule has 0 fully saturated rings. The summed E-state index contributed by atoms with van der Waals surface area (Å²) in [5.41, 5.74) is 1.56. The number of H-pyrrole nitrogens is 1. The van der Waals surface area contributed by atoms with Crippen molar-refractivity contribution >= 4 is 17.0 Å². The molecule has 7 nitrogen and oxygen atoms in total. The molecule has 0 aliphatic rings. The molecule has 102 valence electrons. The molecule has 20 heavy (non-hydrogen) atoms. The molecule has 7 heteroatoms. The molecule has 0 aliphatic carbocycles. The van der Waals surface area contributed by atoms with Crippen molar-refractivity contribution in [1.82, 2.24) is 25.1 Å².